The van der Waals surface area contributed by atoms with E-state index in [1.54, 1.807) is 7.11 Å². The second-order valence-electron chi connectivity index (χ2n) is 4.64. The number of nitrogens with zero attached hydrogens (tertiary/aromatic N) is 1. The van der Waals surface area contributed by atoms with E-state index in [0.717, 1.165) is 11.4 Å². The summed E-state index contributed by atoms with van der Waals surface area (Å²) in [4.78, 5) is 4.37. The van der Waals surface area contributed by atoms with E-state index in [0.29, 0.717) is 0 Å². The van der Waals surface area contributed by atoms with Gasteiger partial charge >= 0.3 is 0 Å². The average molecular weight is 256 g/mol. The molecule has 1 unspecified atom stereocenters. The van der Waals surface area contributed by atoms with Gasteiger partial charge in [0.2, 0.25) is 0 Å². The highest BCUT2D eigenvalue weighted by Gasteiger charge is 2.12. The highest BCUT2D eigenvalue weighted by atomic mass is 16.5. The summed E-state index contributed by atoms with van der Waals surface area (Å²) >= 11 is 0. The van der Waals surface area contributed by atoms with Crippen LogP contribution in [0.3, 0.4) is 0 Å². The predicted octanol–water partition coefficient (Wildman–Crippen LogP) is 3.50. The number of benzene rings is 1. The van der Waals surface area contributed by atoms with Gasteiger partial charge in [-0.2, -0.15) is 0 Å². The van der Waals surface area contributed by atoms with E-state index in [2.05, 4.69) is 36.3 Å². The zero-order valence-electron chi connectivity index (χ0n) is 11.6. The molecular weight excluding hydrogens is 236 g/mol. The number of nitrogens with one attached hydrogen (secondary N) is 1. The fourth-order valence-corrected chi connectivity index (χ4v) is 2.10. The maximum atomic E-state index is 5.25. The lowest BCUT2D eigenvalue weighted by Gasteiger charge is -2.20. The summed E-state index contributed by atoms with van der Waals surface area (Å²) in [6, 6.07) is 14.6. The minimum Gasteiger partial charge on any atom is -0.497 e. The van der Waals surface area contributed by atoms with E-state index >= 15 is 0 Å². The number of hydrogen-bond acceptors (Lipinski definition) is 3. The summed E-state index contributed by atoms with van der Waals surface area (Å²) in [5, 5.41) is 3.55. The van der Waals surface area contributed by atoms with E-state index in [1.165, 1.54) is 5.56 Å². The van der Waals surface area contributed by atoms with Crippen LogP contribution in [0.25, 0.3) is 0 Å². The first-order valence-corrected chi connectivity index (χ1v) is 6.51. The van der Waals surface area contributed by atoms with Crippen LogP contribution in [0, 0.1) is 0 Å². The molecule has 0 aliphatic carbocycles. The van der Waals surface area contributed by atoms with Gasteiger partial charge in [0.05, 0.1) is 12.8 Å². The summed E-state index contributed by atoms with van der Waals surface area (Å²) < 4.78 is 5.25. The Morgan fingerprint density at radius 2 is 1.89 bits per heavy atom. The van der Waals surface area contributed by atoms with Gasteiger partial charge in [0.25, 0.3) is 0 Å². The van der Waals surface area contributed by atoms with E-state index < -0.39 is 0 Å². The van der Waals surface area contributed by atoms with Crippen LogP contribution in [0.2, 0.25) is 0 Å². The molecule has 19 heavy (non-hydrogen) atoms. The molecule has 1 N–H and O–H groups in total. The standard InChI is InChI=1S/C16H20N2O/c1-12(14-7-6-8-15(11-14)19-3)18-13(2)16-9-4-5-10-17-16/h4-13,18H,1-3H3/t12?,13-/m1/s1. The molecule has 2 aromatic rings. The Morgan fingerprint density at radius 1 is 1.05 bits per heavy atom. The summed E-state index contributed by atoms with van der Waals surface area (Å²) in [6.45, 7) is 4.27. The third-order valence-corrected chi connectivity index (χ3v) is 3.23. The summed E-state index contributed by atoms with van der Waals surface area (Å²) in [5.41, 5.74) is 2.26. The molecule has 1 heterocycles. The molecule has 0 bridgehead atoms. The van der Waals surface area contributed by atoms with Crippen LogP contribution in [-0.2, 0) is 0 Å². The summed E-state index contributed by atoms with van der Waals surface area (Å²) in [5.74, 6) is 0.886. The third kappa shape index (κ3) is 3.55. The van der Waals surface area contributed by atoms with Crippen molar-refractivity contribution in [2.45, 2.75) is 25.9 Å². The van der Waals surface area contributed by atoms with Crippen LogP contribution >= 0.6 is 0 Å². The Balaban J connectivity index is 2.06. The van der Waals surface area contributed by atoms with Gasteiger partial charge in [0, 0.05) is 18.3 Å². The maximum absolute atomic E-state index is 5.25. The second-order valence-corrected chi connectivity index (χ2v) is 4.64. The zero-order chi connectivity index (χ0) is 13.7. The molecule has 0 aliphatic heterocycles. The van der Waals surface area contributed by atoms with Crippen molar-refractivity contribution in [1.82, 2.24) is 10.3 Å². The highest BCUT2D eigenvalue weighted by molar-refractivity contribution is 5.30. The van der Waals surface area contributed by atoms with Gasteiger partial charge < -0.3 is 10.1 Å². The Hall–Kier alpha value is -1.87. The Bertz CT molecular complexity index is 513. The molecule has 3 heteroatoms. The molecule has 3 nitrogen and oxygen atoms in total. The number of ether oxygens (including phenoxy) is 1. The highest BCUT2D eigenvalue weighted by Crippen LogP contribution is 2.21. The zero-order valence-corrected chi connectivity index (χ0v) is 11.6. The Kier molecular flexibility index (Phi) is 4.53. The monoisotopic (exact) mass is 256 g/mol. The normalized spacial score (nSPS) is 13.8. The number of pyridine rings is 1. The molecule has 0 aliphatic rings. The molecule has 1 aromatic heterocycles. The lowest BCUT2D eigenvalue weighted by Crippen LogP contribution is -2.23. The molecule has 2 atom stereocenters. The molecule has 2 rings (SSSR count). The van der Waals surface area contributed by atoms with Gasteiger partial charge in [-0.05, 0) is 43.7 Å². The van der Waals surface area contributed by atoms with Crippen LogP contribution in [-0.4, -0.2) is 12.1 Å². The SMILES string of the molecule is COc1cccc(C(C)N[C@H](C)c2ccccn2)c1. The molecule has 100 valence electrons. The molecule has 1 aromatic carbocycles. The minimum absolute atomic E-state index is 0.211. The van der Waals surface area contributed by atoms with Crippen LogP contribution in [0.15, 0.2) is 48.7 Å². The van der Waals surface area contributed by atoms with Crippen molar-refractivity contribution < 1.29 is 4.74 Å². The quantitative estimate of drug-likeness (QED) is 0.889. The van der Waals surface area contributed by atoms with Crippen molar-refractivity contribution in [3.8, 4) is 5.75 Å². The van der Waals surface area contributed by atoms with Crippen molar-refractivity contribution in [3.05, 3.63) is 59.9 Å². The van der Waals surface area contributed by atoms with Crippen molar-refractivity contribution >= 4 is 0 Å². The van der Waals surface area contributed by atoms with Crippen LogP contribution < -0.4 is 10.1 Å². The average Bonchev–Trinajstić information content (AvgIpc) is 2.48. The molecule has 0 radical (unpaired) electrons. The van der Waals surface area contributed by atoms with Gasteiger partial charge in [0.15, 0.2) is 0 Å². The number of methoxy groups -OCH3 is 1. The van der Waals surface area contributed by atoms with Crippen molar-refractivity contribution in [1.29, 1.82) is 0 Å². The van der Waals surface area contributed by atoms with Gasteiger partial charge in [-0.15, -0.1) is 0 Å². The van der Waals surface area contributed by atoms with E-state index in [4.69, 9.17) is 4.74 Å². The summed E-state index contributed by atoms with van der Waals surface area (Å²) in [6.07, 6.45) is 1.82. The topological polar surface area (TPSA) is 34.1 Å². The van der Waals surface area contributed by atoms with Crippen LogP contribution in [0.4, 0.5) is 0 Å². The number of aromatic nitrogens is 1. The molecule has 0 amide bonds. The largest absolute Gasteiger partial charge is 0.497 e. The van der Waals surface area contributed by atoms with Gasteiger partial charge in [-0.3, -0.25) is 4.98 Å². The molecule has 0 saturated carbocycles. The first-order valence-electron chi connectivity index (χ1n) is 6.51. The minimum atomic E-state index is 0.211. The predicted molar refractivity (Wildman–Crippen MR) is 77.2 cm³/mol. The van der Waals surface area contributed by atoms with E-state index in [-0.39, 0.29) is 12.1 Å². The van der Waals surface area contributed by atoms with Crippen molar-refractivity contribution in [2.24, 2.45) is 0 Å². The van der Waals surface area contributed by atoms with Gasteiger partial charge in [-0.1, -0.05) is 18.2 Å². The molecule has 0 spiro atoms. The fourth-order valence-electron chi connectivity index (χ4n) is 2.10. The van der Waals surface area contributed by atoms with E-state index in [9.17, 15) is 0 Å². The Morgan fingerprint density at radius 3 is 2.58 bits per heavy atom. The fraction of sp³-hybridized carbons (Fsp3) is 0.312. The maximum Gasteiger partial charge on any atom is 0.119 e. The van der Waals surface area contributed by atoms with Crippen LogP contribution in [0.5, 0.6) is 5.75 Å². The lowest BCUT2D eigenvalue weighted by molar-refractivity contribution is 0.412. The van der Waals surface area contributed by atoms with Gasteiger partial charge in [0.1, 0.15) is 5.75 Å². The van der Waals surface area contributed by atoms with E-state index in [1.807, 2.05) is 36.5 Å². The number of rotatable bonds is 5. The summed E-state index contributed by atoms with van der Waals surface area (Å²) in [7, 11) is 1.69. The second kappa shape index (κ2) is 6.34. The third-order valence-electron chi connectivity index (χ3n) is 3.23. The Labute approximate surface area is 114 Å². The van der Waals surface area contributed by atoms with Crippen molar-refractivity contribution in [3.63, 3.8) is 0 Å². The van der Waals surface area contributed by atoms with Gasteiger partial charge in [-0.25, -0.2) is 0 Å². The molecule has 0 fully saturated rings. The molecular formula is C16H20N2O. The smallest absolute Gasteiger partial charge is 0.119 e. The van der Waals surface area contributed by atoms with Crippen LogP contribution in [0.1, 0.15) is 37.2 Å². The number of hydrogen-bond donors (Lipinski definition) is 1. The van der Waals surface area contributed by atoms with Crippen molar-refractivity contribution in [2.75, 3.05) is 7.11 Å². The first-order chi connectivity index (χ1) is 9.20. The lowest BCUT2D eigenvalue weighted by atomic mass is 10.1. The molecule has 0 saturated heterocycles. The first kappa shape index (κ1) is 13.6.